The zero-order valence-electron chi connectivity index (χ0n) is 13.0. The first-order chi connectivity index (χ1) is 10.7. The van der Waals surface area contributed by atoms with E-state index in [1.165, 1.54) is 37.0 Å². The average molecular weight is 314 g/mol. The number of anilines is 2. The van der Waals surface area contributed by atoms with Crippen LogP contribution in [0.2, 0.25) is 0 Å². The lowest BCUT2D eigenvalue weighted by molar-refractivity contribution is 0.103. The van der Waals surface area contributed by atoms with E-state index in [1.807, 2.05) is 37.3 Å². The minimum absolute atomic E-state index is 0.0135. The van der Waals surface area contributed by atoms with Crippen LogP contribution in [-0.2, 0) is 0 Å². The van der Waals surface area contributed by atoms with Crippen LogP contribution in [0.3, 0.4) is 0 Å². The van der Waals surface area contributed by atoms with E-state index in [9.17, 15) is 4.79 Å². The van der Waals surface area contributed by atoms with Gasteiger partial charge in [-0.1, -0.05) is 25.0 Å². The standard InChI is InChI=1S/C18H22N2OS/c1-14-10-11-17(22-14)18(21)19-15-8-4-5-9-16(15)20-12-6-2-3-7-13-20/h4-5,8-11H,2-3,6-7,12-13H2,1H3,(H,19,21). The third-order valence-electron chi connectivity index (χ3n) is 4.06. The fraction of sp³-hybridized carbons (Fsp3) is 0.389. The summed E-state index contributed by atoms with van der Waals surface area (Å²) in [6.07, 6.45) is 5.07. The quantitative estimate of drug-likeness (QED) is 0.891. The van der Waals surface area contributed by atoms with Crippen LogP contribution in [0.5, 0.6) is 0 Å². The van der Waals surface area contributed by atoms with E-state index in [1.54, 1.807) is 0 Å². The van der Waals surface area contributed by atoms with Gasteiger partial charge in [-0.25, -0.2) is 0 Å². The summed E-state index contributed by atoms with van der Waals surface area (Å²) >= 11 is 1.53. The predicted octanol–water partition coefficient (Wildman–Crippen LogP) is 4.69. The third-order valence-corrected chi connectivity index (χ3v) is 5.06. The zero-order valence-corrected chi connectivity index (χ0v) is 13.8. The molecule has 2 aromatic rings. The largest absolute Gasteiger partial charge is 0.370 e. The Morgan fingerprint density at radius 1 is 1.05 bits per heavy atom. The summed E-state index contributed by atoms with van der Waals surface area (Å²) in [5.41, 5.74) is 2.06. The molecule has 3 nitrogen and oxygen atoms in total. The lowest BCUT2D eigenvalue weighted by Crippen LogP contribution is -2.25. The van der Waals surface area contributed by atoms with Gasteiger partial charge in [-0.15, -0.1) is 11.3 Å². The molecule has 1 aromatic carbocycles. The van der Waals surface area contributed by atoms with Gasteiger partial charge in [0.05, 0.1) is 16.3 Å². The van der Waals surface area contributed by atoms with Gasteiger partial charge in [0.25, 0.3) is 5.91 Å². The van der Waals surface area contributed by atoms with E-state index in [-0.39, 0.29) is 5.91 Å². The number of benzene rings is 1. The molecule has 0 bridgehead atoms. The number of thiophene rings is 1. The van der Waals surface area contributed by atoms with Crippen molar-refractivity contribution < 1.29 is 4.79 Å². The maximum Gasteiger partial charge on any atom is 0.265 e. The van der Waals surface area contributed by atoms with E-state index in [2.05, 4.69) is 16.3 Å². The van der Waals surface area contributed by atoms with Crippen LogP contribution in [0.25, 0.3) is 0 Å². The number of para-hydroxylation sites is 2. The number of hydrogen-bond acceptors (Lipinski definition) is 3. The van der Waals surface area contributed by atoms with Crippen molar-refractivity contribution >= 4 is 28.6 Å². The van der Waals surface area contributed by atoms with Crippen molar-refractivity contribution in [3.8, 4) is 0 Å². The smallest absolute Gasteiger partial charge is 0.265 e. The van der Waals surface area contributed by atoms with Crippen molar-refractivity contribution in [3.05, 3.63) is 46.2 Å². The summed E-state index contributed by atoms with van der Waals surface area (Å²) in [6.45, 7) is 4.17. The van der Waals surface area contributed by atoms with Crippen molar-refractivity contribution in [3.63, 3.8) is 0 Å². The Morgan fingerprint density at radius 2 is 1.77 bits per heavy atom. The molecule has 1 aliphatic heterocycles. The van der Waals surface area contributed by atoms with Crippen molar-refractivity contribution in [1.82, 2.24) is 0 Å². The molecule has 22 heavy (non-hydrogen) atoms. The summed E-state index contributed by atoms with van der Waals surface area (Å²) in [7, 11) is 0. The second-order valence-corrected chi connectivity index (χ2v) is 7.07. The van der Waals surface area contributed by atoms with Crippen LogP contribution in [0.15, 0.2) is 36.4 Å². The van der Waals surface area contributed by atoms with Gasteiger partial charge >= 0.3 is 0 Å². The summed E-state index contributed by atoms with van der Waals surface area (Å²) in [4.78, 5) is 16.7. The summed E-state index contributed by atoms with van der Waals surface area (Å²) in [5, 5.41) is 3.09. The number of carbonyl (C=O) groups excluding carboxylic acids is 1. The predicted molar refractivity (Wildman–Crippen MR) is 94.1 cm³/mol. The monoisotopic (exact) mass is 314 g/mol. The van der Waals surface area contributed by atoms with Crippen molar-refractivity contribution in [2.75, 3.05) is 23.3 Å². The molecule has 1 aliphatic rings. The van der Waals surface area contributed by atoms with Gasteiger partial charge in [-0.3, -0.25) is 4.79 Å². The molecule has 1 saturated heterocycles. The number of nitrogens with zero attached hydrogens (tertiary/aromatic N) is 1. The average Bonchev–Trinajstić information content (AvgIpc) is 2.80. The topological polar surface area (TPSA) is 32.3 Å². The molecule has 1 amide bonds. The lowest BCUT2D eigenvalue weighted by atomic mass is 10.2. The molecule has 0 aliphatic carbocycles. The second-order valence-electron chi connectivity index (χ2n) is 5.78. The number of amides is 1. The molecule has 0 atom stereocenters. The van der Waals surface area contributed by atoms with Crippen molar-refractivity contribution in [2.24, 2.45) is 0 Å². The molecular formula is C18H22N2OS. The number of aryl methyl sites for hydroxylation is 1. The minimum atomic E-state index is -0.0135. The Labute approximate surface area is 136 Å². The number of rotatable bonds is 3. The van der Waals surface area contributed by atoms with Crippen LogP contribution in [-0.4, -0.2) is 19.0 Å². The second kappa shape index (κ2) is 6.97. The molecule has 0 unspecified atom stereocenters. The molecule has 0 radical (unpaired) electrons. The molecule has 116 valence electrons. The van der Waals surface area contributed by atoms with Crippen LogP contribution < -0.4 is 10.2 Å². The highest BCUT2D eigenvalue weighted by Gasteiger charge is 2.15. The minimum Gasteiger partial charge on any atom is -0.370 e. The van der Waals surface area contributed by atoms with Gasteiger partial charge in [-0.2, -0.15) is 0 Å². The van der Waals surface area contributed by atoms with Crippen molar-refractivity contribution in [1.29, 1.82) is 0 Å². The summed E-state index contributed by atoms with van der Waals surface area (Å²) < 4.78 is 0. The molecule has 1 N–H and O–H groups in total. The van der Waals surface area contributed by atoms with E-state index in [0.717, 1.165) is 34.2 Å². The summed E-state index contributed by atoms with van der Waals surface area (Å²) in [6, 6.07) is 12.0. The van der Waals surface area contributed by atoms with Crippen molar-refractivity contribution in [2.45, 2.75) is 32.6 Å². The van der Waals surface area contributed by atoms with Gasteiger partial charge in [0.1, 0.15) is 0 Å². The number of carbonyl (C=O) groups is 1. The van der Waals surface area contributed by atoms with E-state index in [4.69, 9.17) is 0 Å². The molecule has 1 fully saturated rings. The van der Waals surface area contributed by atoms with Gasteiger partial charge in [0, 0.05) is 18.0 Å². The van der Waals surface area contributed by atoms with E-state index in [0.29, 0.717) is 0 Å². The van der Waals surface area contributed by atoms with E-state index < -0.39 is 0 Å². The SMILES string of the molecule is Cc1ccc(C(=O)Nc2ccccc2N2CCCCCC2)s1. The Morgan fingerprint density at radius 3 is 2.45 bits per heavy atom. The lowest BCUT2D eigenvalue weighted by Gasteiger charge is -2.25. The number of hydrogen-bond donors (Lipinski definition) is 1. The molecule has 4 heteroatoms. The van der Waals surface area contributed by atoms with Crippen LogP contribution in [0.1, 0.15) is 40.2 Å². The van der Waals surface area contributed by atoms with Gasteiger partial charge < -0.3 is 10.2 Å². The van der Waals surface area contributed by atoms with Gasteiger partial charge in [-0.05, 0) is 44.0 Å². The normalized spacial score (nSPS) is 15.4. The Kier molecular flexibility index (Phi) is 4.78. The van der Waals surface area contributed by atoms with Crippen LogP contribution >= 0.6 is 11.3 Å². The maximum atomic E-state index is 12.4. The third kappa shape index (κ3) is 3.50. The highest BCUT2D eigenvalue weighted by atomic mass is 32.1. The van der Waals surface area contributed by atoms with Gasteiger partial charge in [0.15, 0.2) is 0 Å². The maximum absolute atomic E-state index is 12.4. The molecule has 3 rings (SSSR count). The Balaban J connectivity index is 1.80. The fourth-order valence-corrected chi connectivity index (χ4v) is 3.67. The molecule has 2 heterocycles. The Bertz CT molecular complexity index is 642. The Hall–Kier alpha value is -1.81. The zero-order chi connectivity index (χ0) is 15.4. The van der Waals surface area contributed by atoms with E-state index >= 15 is 0 Å². The number of nitrogens with one attached hydrogen (secondary N) is 1. The summed E-state index contributed by atoms with van der Waals surface area (Å²) in [5.74, 6) is -0.0135. The highest BCUT2D eigenvalue weighted by molar-refractivity contribution is 7.14. The molecule has 0 saturated carbocycles. The first-order valence-electron chi connectivity index (χ1n) is 7.96. The fourth-order valence-electron chi connectivity index (χ4n) is 2.91. The van der Waals surface area contributed by atoms with Crippen LogP contribution in [0.4, 0.5) is 11.4 Å². The molecule has 1 aromatic heterocycles. The van der Waals surface area contributed by atoms with Gasteiger partial charge in [0.2, 0.25) is 0 Å². The highest BCUT2D eigenvalue weighted by Crippen LogP contribution is 2.29. The first kappa shape index (κ1) is 15.1. The molecular weight excluding hydrogens is 292 g/mol. The molecule has 0 spiro atoms. The van der Waals surface area contributed by atoms with Crippen LogP contribution in [0, 0.1) is 6.92 Å². The first-order valence-corrected chi connectivity index (χ1v) is 8.77.